The van der Waals surface area contributed by atoms with Crippen LogP contribution in [0.5, 0.6) is 0 Å². The summed E-state index contributed by atoms with van der Waals surface area (Å²) in [5.74, 6) is -0.357. The lowest BCUT2D eigenvalue weighted by Crippen LogP contribution is -2.40. The van der Waals surface area contributed by atoms with Crippen molar-refractivity contribution >= 4 is 32.9 Å². The van der Waals surface area contributed by atoms with Gasteiger partial charge in [-0.3, -0.25) is 9.36 Å². The summed E-state index contributed by atoms with van der Waals surface area (Å²) >= 11 is 1.80. The first-order valence-corrected chi connectivity index (χ1v) is 9.74. The summed E-state index contributed by atoms with van der Waals surface area (Å²) in [7, 11) is 1.47. The monoisotopic (exact) mass is 363 g/mol. The van der Waals surface area contributed by atoms with Gasteiger partial charge >= 0.3 is 5.97 Å². The minimum absolute atomic E-state index is 0.0130. The van der Waals surface area contributed by atoms with E-state index in [1.54, 1.807) is 29.0 Å². The molecule has 0 rings (SSSR count). The molecule has 0 aromatic carbocycles. The topological polar surface area (TPSA) is 64.6 Å². The fourth-order valence-electron chi connectivity index (χ4n) is 1.12. The highest BCUT2D eigenvalue weighted by Gasteiger charge is 2.30. The summed E-state index contributed by atoms with van der Waals surface area (Å²) in [6.45, 7) is 5.81. The maximum atomic E-state index is 12.0. The first-order chi connectivity index (χ1) is 7.34. The maximum absolute atomic E-state index is 12.0. The van der Waals surface area contributed by atoms with E-state index in [0.29, 0.717) is 6.61 Å². The standard InChI is InChI=1S/C9H19INO4P/c1-5-15-9(12)8(7(2)3)11-16(10,13)6-14-4/h7-8H,5-6H2,1-4H3,(H,11,13). The molecule has 0 amide bonds. The predicted octanol–water partition coefficient (Wildman–Crippen LogP) is 2.40. The zero-order valence-electron chi connectivity index (χ0n) is 10.0. The molecular weight excluding hydrogens is 344 g/mol. The van der Waals surface area contributed by atoms with E-state index in [9.17, 15) is 9.36 Å². The Morgan fingerprint density at radius 1 is 1.50 bits per heavy atom. The fraction of sp³-hybridized carbons (Fsp3) is 0.889. The minimum Gasteiger partial charge on any atom is -0.465 e. The van der Waals surface area contributed by atoms with Gasteiger partial charge in [0.2, 0.25) is 4.94 Å². The number of hydrogen-bond acceptors (Lipinski definition) is 4. The number of methoxy groups -OCH3 is 1. The van der Waals surface area contributed by atoms with Gasteiger partial charge in [0.25, 0.3) is 0 Å². The van der Waals surface area contributed by atoms with Gasteiger partial charge in [0.1, 0.15) is 12.4 Å². The van der Waals surface area contributed by atoms with Crippen LogP contribution in [-0.2, 0) is 18.8 Å². The molecule has 0 heterocycles. The third kappa shape index (κ3) is 6.18. The second-order valence-corrected chi connectivity index (χ2v) is 10.2. The highest BCUT2D eigenvalue weighted by molar-refractivity contribution is 14.2. The first kappa shape index (κ1) is 16.4. The molecule has 0 saturated carbocycles. The molecule has 0 aliphatic rings. The first-order valence-electron chi connectivity index (χ1n) is 5.06. The quantitative estimate of drug-likeness (QED) is 0.428. The van der Waals surface area contributed by atoms with Crippen LogP contribution in [0.15, 0.2) is 0 Å². The van der Waals surface area contributed by atoms with Crippen LogP contribution in [0, 0.1) is 5.92 Å². The molecule has 0 radical (unpaired) electrons. The second kappa shape index (κ2) is 7.63. The molecule has 96 valence electrons. The maximum Gasteiger partial charge on any atom is 0.323 e. The van der Waals surface area contributed by atoms with Gasteiger partial charge in [-0.05, 0) is 12.8 Å². The Morgan fingerprint density at radius 3 is 2.44 bits per heavy atom. The number of rotatable bonds is 7. The average Bonchev–Trinajstić information content (AvgIpc) is 2.14. The minimum atomic E-state index is -2.68. The number of halogens is 1. The Balaban J connectivity index is 4.57. The lowest BCUT2D eigenvalue weighted by atomic mass is 10.1. The highest BCUT2D eigenvalue weighted by Crippen LogP contribution is 2.50. The smallest absolute Gasteiger partial charge is 0.323 e. The molecule has 7 heteroatoms. The van der Waals surface area contributed by atoms with Crippen molar-refractivity contribution in [2.75, 3.05) is 20.1 Å². The molecule has 0 aromatic heterocycles. The van der Waals surface area contributed by atoms with Crippen molar-refractivity contribution in [1.82, 2.24) is 5.09 Å². The largest absolute Gasteiger partial charge is 0.465 e. The van der Waals surface area contributed by atoms with Crippen LogP contribution in [0.2, 0.25) is 0 Å². The molecule has 0 fully saturated rings. The van der Waals surface area contributed by atoms with E-state index in [1.807, 2.05) is 13.8 Å². The lowest BCUT2D eigenvalue weighted by Gasteiger charge is -2.23. The molecule has 1 N–H and O–H groups in total. The van der Waals surface area contributed by atoms with E-state index in [1.165, 1.54) is 7.11 Å². The van der Waals surface area contributed by atoms with Crippen molar-refractivity contribution in [3.63, 3.8) is 0 Å². The van der Waals surface area contributed by atoms with Crippen molar-refractivity contribution in [1.29, 1.82) is 0 Å². The summed E-state index contributed by atoms with van der Waals surface area (Å²) in [6, 6.07) is -0.558. The van der Waals surface area contributed by atoms with Crippen molar-refractivity contribution in [3.8, 4) is 0 Å². The Hall–Kier alpha value is 0.350. The molecular formula is C9H19INO4P. The van der Waals surface area contributed by atoms with Crippen molar-refractivity contribution in [2.24, 2.45) is 5.92 Å². The number of hydrogen-bond donors (Lipinski definition) is 1. The molecule has 16 heavy (non-hydrogen) atoms. The van der Waals surface area contributed by atoms with Crippen molar-refractivity contribution in [2.45, 2.75) is 26.8 Å². The van der Waals surface area contributed by atoms with Crippen LogP contribution in [0.25, 0.3) is 0 Å². The van der Waals surface area contributed by atoms with Crippen LogP contribution >= 0.6 is 27.0 Å². The van der Waals surface area contributed by atoms with Crippen LogP contribution in [0.3, 0.4) is 0 Å². The third-order valence-electron chi connectivity index (χ3n) is 1.83. The summed E-state index contributed by atoms with van der Waals surface area (Å²) in [5.41, 5.74) is 0. The van der Waals surface area contributed by atoms with Crippen LogP contribution in [0.1, 0.15) is 20.8 Å². The van der Waals surface area contributed by atoms with Gasteiger partial charge in [0, 0.05) is 29.2 Å². The van der Waals surface area contributed by atoms with Crippen molar-refractivity contribution in [3.05, 3.63) is 0 Å². The van der Waals surface area contributed by atoms with Crippen LogP contribution < -0.4 is 5.09 Å². The normalized spacial score (nSPS) is 16.9. The molecule has 0 spiro atoms. The van der Waals surface area contributed by atoms with Gasteiger partial charge in [-0.1, -0.05) is 13.8 Å². The van der Waals surface area contributed by atoms with Gasteiger partial charge in [-0.2, -0.15) is 0 Å². The second-order valence-electron chi connectivity index (χ2n) is 3.67. The van der Waals surface area contributed by atoms with E-state index < -0.39 is 11.0 Å². The Kier molecular flexibility index (Phi) is 7.80. The Morgan fingerprint density at radius 2 is 2.06 bits per heavy atom. The van der Waals surface area contributed by atoms with Gasteiger partial charge in [0.15, 0.2) is 0 Å². The third-order valence-corrected chi connectivity index (χ3v) is 4.76. The molecule has 0 bridgehead atoms. The number of carbonyl (C=O) groups excluding carboxylic acids is 1. The van der Waals surface area contributed by atoms with Crippen LogP contribution in [0.4, 0.5) is 0 Å². The fourth-order valence-corrected chi connectivity index (χ4v) is 4.08. The molecule has 0 saturated heterocycles. The molecule has 5 nitrogen and oxygen atoms in total. The van der Waals surface area contributed by atoms with Crippen LogP contribution in [-0.4, -0.2) is 32.1 Å². The summed E-state index contributed by atoms with van der Waals surface area (Å²) in [5, 5.41) is 2.82. The zero-order valence-corrected chi connectivity index (χ0v) is 13.1. The summed E-state index contributed by atoms with van der Waals surface area (Å²) in [6.07, 6.45) is 0.0934. The molecule has 2 atom stereocenters. The van der Waals surface area contributed by atoms with E-state index in [2.05, 4.69) is 5.09 Å². The number of ether oxygens (including phenoxy) is 2. The Bertz CT molecular complexity index is 272. The van der Waals surface area contributed by atoms with Gasteiger partial charge in [-0.25, -0.2) is 5.09 Å². The predicted molar refractivity (Wildman–Crippen MR) is 71.9 cm³/mol. The molecule has 0 aliphatic carbocycles. The summed E-state index contributed by atoms with van der Waals surface area (Å²) < 4.78 is 21.7. The van der Waals surface area contributed by atoms with Gasteiger partial charge < -0.3 is 9.47 Å². The van der Waals surface area contributed by atoms with Gasteiger partial charge in [-0.15, -0.1) is 0 Å². The highest BCUT2D eigenvalue weighted by atomic mass is 127. The summed E-state index contributed by atoms with van der Waals surface area (Å²) in [4.78, 5) is 8.93. The lowest BCUT2D eigenvalue weighted by molar-refractivity contribution is -0.146. The number of carbonyl (C=O) groups is 1. The molecule has 0 aromatic rings. The van der Waals surface area contributed by atoms with E-state index >= 15 is 0 Å². The van der Waals surface area contributed by atoms with Crippen molar-refractivity contribution < 1.29 is 18.8 Å². The average molecular weight is 363 g/mol. The molecule has 0 aliphatic heterocycles. The van der Waals surface area contributed by atoms with Gasteiger partial charge in [0.05, 0.1) is 6.61 Å². The van der Waals surface area contributed by atoms with E-state index in [0.717, 1.165) is 0 Å². The Labute approximate surface area is 110 Å². The van der Waals surface area contributed by atoms with E-state index in [-0.39, 0.29) is 18.2 Å². The number of esters is 1. The van der Waals surface area contributed by atoms with E-state index in [4.69, 9.17) is 9.47 Å². The SMILES string of the molecule is CCOC(=O)C(NP(=O)(I)COC)C(C)C. The molecule has 2 unspecified atom stereocenters. The zero-order chi connectivity index (χ0) is 12.8. The number of nitrogens with one attached hydrogen (secondary N) is 1.